The maximum absolute atomic E-state index is 14.0. The van der Waals surface area contributed by atoms with Crippen LogP contribution in [0.25, 0.3) is 5.65 Å². The molecule has 0 saturated carbocycles. The van der Waals surface area contributed by atoms with Crippen LogP contribution in [0.15, 0.2) is 34.8 Å². The number of hydrogen-bond acceptors (Lipinski definition) is 8. The van der Waals surface area contributed by atoms with Crippen LogP contribution in [-0.4, -0.2) is 86.0 Å². The molecule has 13 heteroatoms. The molecule has 1 N–H and O–H groups in total. The first-order valence-corrected chi connectivity index (χ1v) is 16.0. The standard InChI is InChI=1S/C26H32BrN7O4S/c1-39(36,37)30-20-7-6-18(27)15-19(20)26(35)33-10-3-2-5-22(33)21-16-24-28-23(31-8-4-9-31)17-25(34(24)29-21)32-11-13-38-14-12-32/h6-7,15-17,22,30H,2-5,8-14H2,1H3/t22-/m0/s1. The second kappa shape index (κ2) is 10.6. The normalized spacial score (nSPS) is 20.3. The number of carbonyl (C=O) groups excluding carboxylic acids is 1. The number of carbonyl (C=O) groups is 1. The summed E-state index contributed by atoms with van der Waals surface area (Å²) in [5, 5.41) is 5.02. The molecule has 1 aromatic carbocycles. The highest BCUT2D eigenvalue weighted by atomic mass is 79.9. The van der Waals surface area contributed by atoms with E-state index in [1.54, 1.807) is 18.2 Å². The van der Waals surface area contributed by atoms with Crippen LogP contribution < -0.4 is 14.5 Å². The number of aromatic nitrogens is 3. The van der Waals surface area contributed by atoms with Crippen LogP contribution in [-0.2, 0) is 14.8 Å². The minimum absolute atomic E-state index is 0.230. The Bertz CT molecular complexity index is 1500. The number of benzene rings is 1. The number of halogens is 1. The van der Waals surface area contributed by atoms with Gasteiger partial charge in [0.05, 0.1) is 42.5 Å². The van der Waals surface area contributed by atoms with E-state index in [0.717, 1.165) is 81.1 Å². The third-order valence-electron chi connectivity index (χ3n) is 7.54. The fraction of sp³-hybridized carbons (Fsp3) is 0.500. The van der Waals surface area contributed by atoms with Crippen LogP contribution in [0.1, 0.15) is 47.8 Å². The predicted octanol–water partition coefficient (Wildman–Crippen LogP) is 3.28. The van der Waals surface area contributed by atoms with Gasteiger partial charge in [-0.25, -0.2) is 13.4 Å². The number of morpholine rings is 1. The van der Waals surface area contributed by atoms with Crippen LogP contribution in [0, 0.1) is 0 Å². The van der Waals surface area contributed by atoms with Crippen LogP contribution >= 0.6 is 15.9 Å². The van der Waals surface area contributed by atoms with Gasteiger partial charge in [0.15, 0.2) is 5.65 Å². The molecule has 3 fully saturated rings. The third-order valence-corrected chi connectivity index (χ3v) is 8.63. The van der Waals surface area contributed by atoms with Gasteiger partial charge in [0.2, 0.25) is 10.0 Å². The van der Waals surface area contributed by atoms with Crippen molar-refractivity contribution in [3.05, 3.63) is 46.1 Å². The third kappa shape index (κ3) is 5.44. The zero-order valence-electron chi connectivity index (χ0n) is 21.8. The Labute approximate surface area is 236 Å². The molecule has 0 unspecified atom stereocenters. The van der Waals surface area contributed by atoms with E-state index >= 15 is 0 Å². The molecule has 1 atom stereocenters. The Morgan fingerprint density at radius 2 is 1.82 bits per heavy atom. The number of likely N-dealkylation sites (tertiary alicyclic amines) is 1. The molecule has 0 aliphatic carbocycles. The number of amides is 1. The van der Waals surface area contributed by atoms with Gasteiger partial charge >= 0.3 is 0 Å². The van der Waals surface area contributed by atoms with Gasteiger partial charge < -0.3 is 19.4 Å². The van der Waals surface area contributed by atoms with Crippen LogP contribution in [0.3, 0.4) is 0 Å². The lowest BCUT2D eigenvalue weighted by Gasteiger charge is -2.35. The van der Waals surface area contributed by atoms with Crippen LogP contribution in [0.4, 0.5) is 17.3 Å². The summed E-state index contributed by atoms with van der Waals surface area (Å²) in [5.41, 5.74) is 2.12. The Balaban J connectivity index is 1.38. The molecule has 6 rings (SSSR count). The molecule has 2 aromatic heterocycles. The molecule has 1 amide bonds. The van der Waals surface area contributed by atoms with Crippen molar-refractivity contribution in [2.75, 3.05) is 66.7 Å². The maximum Gasteiger partial charge on any atom is 0.256 e. The minimum atomic E-state index is -3.56. The van der Waals surface area contributed by atoms with Gasteiger partial charge in [-0.1, -0.05) is 15.9 Å². The number of rotatable bonds is 6. The average Bonchev–Trinajstić information content (AvgIpc) is 3.32. The molecule has 5 heterocycles. The van der Waals surface area contributed by atoms with Crippen molar-refractivity contribution >= 4 is 54.8 Å². The first-order valence-electron chi connectivity index (χ1n) is 13.3. The number of hydrogen-bond donors (Lipinski definition) is 1. The van der Waals surface area contributed by atoms with E-state index in [0.29, 0.717) is 29.8 Å². The van der Waals surface area contributed by atoms with Crippen molar-refractivity contribution in [1.82, 2.24) is 19.5 Å². The van der Waals surface area contributed by atoms with Gasteiger partial charge in [0, 0.05) is 49.3 Å². The van der Waals surface area contributed by atoms with Crippen LogP contribution in [0.5, 0.6) is 0 Å². The second-order valence-electron chi connectivity index (χ2n) is 10.3. The van der Waals surface area contributed by atoms with E-state index < -0.39 is 10.0 Å². The second-order valence-corrected chi connectivity index (χ2v) is 13.0. The monoisotopic (exact) mass is 617 g/mol. The molecule has 11 nitrogen and oxygen atoms in total. The summed E-state index contributed by atoms with van der Waals surface area (Å²) in [7, 11) is -3.56. The Kier molecular flexibility index (Phi) is 7.15. The molecule has 0 bridgehead atoms. The summed E-state index contributed by atoms with van der Waals surface area (Å²) < 4.78 is 34.7. The number of sulfonamides is 1. The smallest absolute Gasteiger partial charge is 0.256 e. The Hall–Kier alpha value is -2.90. The molecule has 0 radical (unpaired) electrons. The molecular formula is C26H32BrN7O4S. The number of nitrogens with one attached hydrogen (secondary N) is 1. The van der Waals surface area contributed by atoms with Crippen molar-refractivity contribution in [2.24, 2.45) is 0 Å². The average molecular weight is 619 g/mol. The van der Waals surface area contributed by atoms with Crippen molar-refractivity contribution in [3.63, 3.8) is 0 Å². The summed E-state index contributed by atoms with van der Waals surface area (Å²) >= 11 is 3.44. The highest BCUT2D eigenvalue weighted by Crippen LogP contribution is 2.35. The fourth-order valence-corrected chi connectivity index (χ4v) is 6.41. The maximum atomic E-state index is 14.0. The van der Waals surface area contributed by atoms with Gasteiger partial charge in [-0.2, -0.15) is 9.61 Å². The minimum Gasteiger partial charge on any atom is -0.378 e. The van der Waals surface area contributed by atoms with Gasteiger partial charge in [0.1, 0.15) is 11.6 Å². The number of anilines is 3. The van der Waals surface area contributed by atoms with E-state index in [1.807, 2.05) is 15.5 Å². The molecule has 208 valence electrons. The van der Waals surface area contributed by atoms with Crippen molar-refractivity contribution in [2.45, 2.75) is 31.7 Å². The quantitative estimate of drug-likeness (QED) is 0.448. The topological polar surface area (TPSA) is 112 Å². The highest BCUT2D eigenvalue weighted by Gasteiger charge is 2.33. The van der Waals surface area contributed by atoms with Gasteiger partial charge in [-0.15, -0.1) is 0 Å². The van der Waals surface area contributed by atoms with Gasteiger partial charge in [-0.05, 0) is 43.9 Å². The number of fused-ring (bicyclic) bond motifs is 1. The lowest BCUT2D eigenvalue weighted by Crippen LogP contribution is -2.40. The molecule has 3 aliphatic rings. The number of nitrogens with zero attached hydrogens (tertiary/aromatic N) is 6. The summed E-state index contributed by atoms with van der Waals surface area (Å²) in [6.45, 7) is 5.44. The Morgan fingerprint density at radius 1 is 1.03 bits per heavy atom. The van der Waals surface area contributed by atoms with Gasteiger partial charge in [0.25, 0.3) is 5.91 Å². The zero-order valence-corrected chi connectivity index (χ0v) is 24.2. The molecule has 39 heavy (non-hydrogen) atoms. The zero-order chi connectivity index (χ0) is 27.1. The Morgan fingerprint density at radius 3 is 2.54 bits per heavy atom. The van der Waals surface area contributed by atoms with E-state index in [-0.39, 0.29) is 17.6 Å². The van der Waals surface area contributed by atoms with Crippen LogP contribution in [0.2, 0.25) is 0 Å². The fourth-order valence-electron chi connectivity index (χ4n) is 5.47. The summed E-state index contributed by atoms with van der Waals surface area (Å²) in [6.07, 6.45) is 4.85. The van der Waals surface area contributed by atoms with Crippen molar-refractivity contribution < 1.29 is 17.9 Å². The summed E-state index contributed by atoms with van der Waals surface area (Å²) in [6, 6.07) is 8.86. The molecule has 3 aromatic rings. The molecule has 0 spiro atoms. The highest BCUT2D eigenvalue weighted by molar-refractivity contribution is 9.10. The van der Waals surface area contributed by atoms with E-state index in [2.05, 4.69) is 36.5 Å². The van der Waals surface area contributed by atoms with Crippen molar-refractivity contribution in [3.8, 4) is 0 Å². The largest absolute Gasteiger partial charge is 0.378 e. The van der Waals surface area contributed by atoms with E-state index in [1.165, 1.54) is 0 Å². The lowest BCUT2D eigenvalue weighted by molar-refractivity contribution is 0.0606. The van der Waals surface area contributed by atoms with Gasteiger partial charge in [-0.3, -0.25) is 9.52 Å². The molecule has 3 aliphatic heterocycles. The predicted molar refractivity (Wildman–Crippen MR) is 153 cm³/mol. The molecular weight excluding hydrogens is 586 g/mol. The van der Waals surface area contributed by atoms with E-state index in [4.69, 9.17) is 14.8 Å². The van der Waals surface area contributed by atoms with Crippen molar-refractivity contribution in [1.29, 1.82) is 0 Å². The number of piperidine rings is 1. The lowest BCUT2D eigenvalue weighted by atomic mass is 9.98. The SMILES string of the molecule is CS(=O)(=O)Nc1ccc(Br)cc1C(=O)N1CCCC[C@H]1c1cc2nc(N3CCC3)cc(N3CCOCC3)n2n1. The summed E-state index contributed by atoms with van der Waals surface area (Å²) in [5.74, 6) is 1.70. The first-order chi connectivity index (χ1) is 18.8. The first kappa shape index (κ1) is 26.3. The molecule has 3 saturated heterocycles. The summed E-state index contributed by atoms with van der Waals surface area (Å²) in [4.78, 5) is 25.3. The number of ether oxygens (including phenoxy) is 1. The van der Waals surface area contributed by atoms with E-state index in [9.17, 15) is 13.2 Å².